The summed E-state index contributed by atoms with van der Waals surface area (Å²) in [5, 5.41) is 2.52. The van der Waals surface area contributed by atoms with Crippen LogP contribution in [0.3, 0.4) is 0 Å². The summed E-state index contributed by atoms with van der Waals surface area (Å²) in [7, 11) is -4.20. The number of para-hydroxylation sites is 1. The van der Waals surface area contributed by atoms with Gasteiger partial charge < -0.3 is 5.32 Å². The molecule has 3 aromatic carbocycles. The van der Waals surface area contributed by atoms with Gasteiger partial charge in [-0.15, -0.1) is 0 Å². The van der Waals surface area contributed by atoms with Crippen LogP contribution in [0.25, 0.3) is 0 Å². The number of sulfonamides is 1. The SMILES string of the molecule is Cc1ccc(S(=O)(=O)N(CC(=O)Nc2ccccc2C(F)(F)F)c2ccc(Cl)cc2)cc1. The zero-order chi connectivity index (χ0) is 23.5. The monoisotopic (exact) mass is 482 g/mol. The molecule has 0 aliphatic rings. The molecule has 5 nitrogen and oxygen atoms in total. The summed E-state index contributed by atoms with van der Waals surface area (Å²) in [6, 6.07) is 16.2. The second-order valence-electron chi connectivity index (χ2n) is 6.89. The number of nitrogens with zero attached hydrogens (tertiary/aromatic N) is 1. The summed E-state index contributed by atoms with van der Waals surface area (Å²) in [4.78, 5) is 12.6. The molecule has 0 heterocycles. The first-order valence-electron chi connectivity index (χ1n) is 9.29. The summed E-state index contributed by atoms with van der Waals surface area (Å²) in [5.74, 6) is -0.938. The first kappa shape index (κ1) is 23.6. The van der Waals surface area contributed by atoms with E-state index in [0.717, 1.165) is 22.0 Å². The number of nitrogens with one attached hydrogen (secondary N) is 1. The predicted molar refractivity (Wildman–Crippen MR) is 117 cm³/mol. The highest BCUT2D eigenvalue weighted by molar-refractivity contribution is 7.92. The molecule has 0 radical (unpaired) electrons. The van der Waals surface area contributed by atoms with E-state index in [2.05, 4.69) is 5.32 Å². The van der Waals surface area contributed by atoms with Crippen molar-refractivity contribution in [1.29, 1.82) is 0 Å². The summed E-state index contributed by atoms with van der Waals surface area (Å²) in [5.41, 5.74) is -0.528. The van der Waals surface area contributed by atoms with Crippen LogP contribution in [0.1, 0.15) is 11.1 Å². The normalized spacial score (nSPS) is 11.8. The van der Waals surface area contributed by atoms with Crippen LogP contribution < -0.4 is 9.62 Å². The number of alkyl halides is 3. The van der Waals surface area contributed by atoms with Gasteiger partial charge >= 0.3 is 6.18 Å². The fraction of sp³-hybridized carbons (Fsp3) is 0.136. The number of hydrogen-bond donors (Lipinski definition) is 1. The standard InChI is InChI=1S/C22H18ClF3N2O3S/c1-15-6-12-18(13-7-15)32(30,31)28(17-10-8-16(23)9-11-17)14-21(29)27-20-5-3-2-4-19(20)22(24,25)26/h2-13H,14H2,1H3,(H,27,29). The van der Waals surface area contributed by atoms with Crippen molar-refractivity contribution < 1.29 is 26.4 Å². The number of carbonyl (C=O) groups excluding carboxylic acids is 1. The van der Waals surface area contributed by atoms with Gasteiger partial charge in [-0.05, 0) is 55.5 Å². The van der Waals surface area contributed by atoms with E-state index in [1.807, 2.05) is 0 Å². The van der Waals surface area contributed by atoms with Crippen LogP contribution in [0.5, 0.6) is 0 Å². The van der Waals surface area contributed by atoms with Crippen molar-refractivity contribution in [2.45, 2.75) is 18.0 Å². The Balaban J connectivity index is 1.96. The molecular formula is C22H18ClF3N2O3S. The summed E-state index contributed by atoms with van der Waals surface area (Å²) in [6.45, 7) is 1.04. The molecule has 0 fully saturated rings. The second kappa shape index (κ2) is 9.22. The molecule has 32 heavy (non-hydrogen) atoms. The van der Waals surface area contributed by atoms with E-state index in [4.69, 9.17) is 11.6 Å². The molecule has 0 bridgehead atoms. The Morgan fingerprint density at radius 3 is 2.16 bits per heavy atom. The minimum Gasteiger partial charge on any atom is -0.324 e. The zero-order valence-corrected chi connectivity index (χ0v) is 18.3. The lowest BCUT2D eigenvalue weighted by Gasteiger charge is -2.24. The van der Waals surface area contributed by atoms with Gasteiger partial charge in [0.1, 0.15) is 6.54 Å². The third kappa shape index (κ3) is 5.41. The highest BCUT2D eigenvalue weighted by Gasteiger charge is 2.34. The molecule has 3 aromatic rings. The van der Waals surface area contributed by atoms with E-state index in [-0.39, 0.29) is 10.6 Å². The topological polar surface area (TPSA) is 66.5 Å². The van der Waals surface area contributed by atoms with E-state index in [1.165, 1.54) is 48.5 Å². The Kier molecular flexibility index (Phi) is 6.80. The number of benzene rings is 3. The molecule has 10 heteroatoms. The maximum absolute atomic E-state index is 13.3. The summed E-state index contributed by atoms with van der Waals surface area (Å²) in [6.07, 6.45) is -4.69. The van der Waals surface area contributed by atoms with Crippen molar-refractivity contribution in [2.75, 3.05) is 16.2 Å². The molecule has 168 valence electrons. The van der Waals surface area contributed by atoms with Crippen molar-refractivity contribution in [3.8, 4) is 0 Å². The Labute approximate surface area is 188 Å². The van der Waals surface area contributed by atoms with Crippen LogP contribution in [0, 0.1) is 6.92 Å². The maximum Gasteiger partial charge on any atom is 0.418 e. The number of anilines is 2. The van der Waals surface area contributed by atoms with Crippen LogP contribution in [-0.2, 0) is 21.0 Å². The van der Waals surface area contributed by atoms with Crippen LogP contribution in [-0.4, -0.2) is 20.9 Å². The number of aryl methyl sites for hydroxylation is 1. The van der Waals surface area contributed by atoms with Gasteiger partial charge in [0.15, 0.2) is 0 Å². The molecular weight excluding hydrogens is 465 g/mol. The van der Waals surface area contributed by atoms with Gasteiger partial charge in [0.2, 0.25) is 5.91 Å². The Morgan fingerprint density at radius 1 is 0.969 bits per heavy atom. The van der Waals surface area contributed by atoms with Crippen molar-refractivity contribution in [3.05, 3.63) is 88.9 Å². The second-order valence-corrected chi connectivity index (χ2v) is 9.19. The lowest BCUT2D eigenvalue weighted by molar-refractivity contribution is -0.137. The molecule has 0 aromatic heterocycles. The molecule has 1 amide bonds. The number of amides is 1. The molecule has 1 N–H and O–H groups in total. The lowest BCUT2D eigenvalue weighted by atomic mass is 10.1. The Bertz CT molecular complexity index is 1210. The number of rotatable bonds is 6. The van der Waals surface area contributed by atoms with Crippen molar-refractivity contribution >= 4 is 38.9 Å². The molecule has 0 saturated heterocycles. The minimum absolute atomic E-state index is 0.0680. The fourth-order valence-corrected chi connectivity index (χ4v) is 4.47. The quantitative estimate of drug-likeness (QED) is 0.504. The van der Waals surface area contributed by atoms with Gasteiger partial charge in [-0.3, -0.25) is 9.10 Å². The molecule has 0 aliphatic carbocycles. The maximum atomic E-state index is 13.3. The van der Waals surface area contributed by atoms with E-state index < -0.39 is 39.9 Å². The number of hydrogen-bond acceptors (Lipinski definition) is 3. The van der Waals surface area contributed by atoms with Crippen LogP contribution in [0.2, 0.25) is 5.02 Å². The predicted octanol–water partition coefficient (Wildman–Crippen LogP) is 5.50. The lowest BCUT2D eigenvalue weighted by Crippen LogP contribution is -2.38. The summed E-state index contributed by atoms with van der Waals surface area (Å²) >= 11 is 5.88. The molecule has 3 rings (SSSR count). The zero-order valence-electron chi connectivity index (χ0n) is 16.7. The van der Waals surface area contributed by atoms with E-state index >= 15 is 0 Å². The van der Waals surface area contributed by atoms with Crippen molar-refractivity contribution in [2.24, 2.45) is 0 Å². The van der Waals surface area contributed by atoms with E-state index in [0.29, 0.717) is 5.02 Å². The van der Waals surface area contributed by atoms with Crippen LogP contribution in [0.15, 0.2) is 77.7 Å². The molecule has 0 aliphatic heterocycles. The van der Waals surface area contributed by atoms with Gasteiger partial charge in [-0.1, -0.05) is 41.4 Å². The van der Waals surface area contributed by atoms with Crippen molar-refractivity contribution in [3.63, 3.8) is 0 Å². The van der Waals surface area contributed by atoms with Gasteiger partial charge in [-0.2, -0.15) is 13.2 Å². The average molecular weight is 483 g/mol. The molecule has 0 unspecified atom stereocenters. The fourth-order valence-electron chi connectivity index (χ4n) is 2.92. The molecule has 0 spiro atoms. The van der Waals surface area contributed by atoms with Gasteiger partial charge in [0, 0.05) is 5.02 Å². The van der Waals surface area contributed by atoms with E-state index in [9.17, 15) is 26.4 Å². The van der Waals surface area contributed by atoms with Crippen LogP contribution in [0.4, 0.5) is 24.5 Å². The highest BCUT2D eigenvalue weighted by atomic mass is 35.5. The number of halogens is 4. The molecule has 0 atom stereocenters. The largest absolute Gasteiger partial charge is 0.418 e. The first-order valence-corrected chi connectivity index (χ1v) is 11.1. The van der Waals surface area contributed by atoms with Crippen LogP contribution >= 0.6 is 11.6 Å². The minimum atomic E-state index is -4.69. The third-order valence-corrected chi connectivity index (χ3v) is 6.56. The van der Waals surface area contributed by atoms with Gasteiger partial charge in [0.05, 0.1) is 21.8 Å². The first-order chi connectivity index (χ1) is 15.0. The average Bonchev–Trinajstić information content (AvgIpc) is 2.72. The van der Waals surface area contributed by atoms with Gasteiger partial charge in [0.25, 0.3) is 10.0 Å². The smallest absolute Gasteiger partial charge is 0.324 e. The Hall–Kier alpha value is -3.04. The summed E-state index contributed by atoms with van der Waals surface area (Å²) < 4.78 is 67.1. The number of carbonyl (C=O) groups is 1. The molecule has 0 saturated carbocycles. The van der Waals surface area contributed by atoms with Gasteiger partial charge in [-0.25, -0.2) is 8.42 Å². The van der Waals surface area contributed by atoms with E-state index in [1.54, 1.807) is 19.1 Å². The third-order valence-electron chi connectivity index (χ3n) is 4.52. The highest BCUT2D eigenvalue weighted by Crippen LogP contribution is 2.34. The Morgan fingerprint density at radius 2 is 1.56 bits per heavy atom. The van der Waals surface area contributed by atoms with Crippen molar-refractivity contribution in [1.82, 2.24) is 0 Å².